The Morgan fingerprint density at radius 1 is 1.40 bits per heavy atom. The smallest absolute Gasteiger partial charge is 0.311 e. The maximum Gasteiger partial charge on any atom is 0.311 e. The molecule has 0 spiro atoms. The van der Waals surface area contributed by atoms with Gasteiger partial charge >= 0.3 is 5.97 Å². The summed E-state index contributed by atoms with van der Waals surface area (Å²) in [7, 11) is 2.78. The molecule has 0 aliphatic heterocycles. The molecular weight excluding hydrogens is 327 g/mol. The summed E-state index contributed by atoms with van der Waals surface area (Å²) in [6.07, 6.45) is 4.09. The average Bonchev–Trinajstić information content (AvgIpc) is 2.37. The summed E-state index contributed by atoms with van der Waals surface area (Å²) in [4.78, 5) is 11.5. The van der Waals surface area contributed by atoms with Gasteiger partial charge in [-0.05, 0) is 53.9 Å². The Bertz CT molecular complexity index is 501. The summed E-state index contributed by atoms with van der Waals surface area (Å²) >= 11 is 3.25. The number of benzene rings is 1. The second-order valence-corrected chi connectivity index (χ2v) is 5.85. The van der Waals surface area contributed by atoms with Crippen molar-refractivity contribution < 1.29 is 18.7 Å². The maximum absolute atomic E-state index is 13.7. The van der Waals surface area contributed by atoms with Gasteiger partial charge in [0.25, 0.3) is 0 Å². The van der Waals surface area contributed by atoms with Crippen LogP contribution in [0.25, 0.3) is 6.08 Å². The fourth-order valence-electron chi connectivity index (χ4n) is 1.72. The van der Waals surface area contributed by atoms with Crippen LogP contribution in [0.4, 0.5) is 4.39 Å². The minimum Gasteiger partial charge on any atom is -0.492 e. The lowest BCUT2D eigenvalue weighted by Crippen LogP contribution is -2.24. The van der Waals surface area contributed by atoms with Crippen molar-refractivity contribution in [3.8, 4) is 5.75 Å². The highest BCUT2D eigenvalue weighted by Crippen LogP contribution is 2.30. The highest BCUT2D eigenvalue weighted by molar-refractivity contribution is 9.10. The number of halogens is 2. The Morgan fingerprint density at radius 3 is 2.55 bits per heavy atom. The Balaban J connectivity index is 2.84. The minimum atomic E-state index is -0.604. The van der Waals surface area contributed by atoms with Crippen molar-refractivity contribution in [3.05, 3.63) is 34.1 Å². The highest BCUT2D eigenvalue weighted by atomic mass is 79.9. The SMILES string of the molecule is COC(=O)C(C)(C)C/C=C/c1cc(F)c(OC)c(Br)c1. The number of hydrogen-bond donors (Lipinski definition) is 0. The minimum absolute atomic E-state index is 0.178. The van der Waals surface area contributed by atoms with Gasteiger partial charge in [0.2, 0.25) is 0 Å². The zero-order valence-electron chi connectivity index (χ0n) is 12.0. The fourth-order valence-corrected chi connectivity index (χ4v) is 2.34. The molecule has 1 aromatic rings. The second kappa shape index (κ2) is 6.88. The molecule has 0 aliphatic rings. The van der Waals surface area contributed by atoms with Gasteiger partial charge in [-0.25, -0.2) is 4.39 Å². The third-order valence-electron chi connectivity index (χ3n) is 2.90. The van der Waals surface area contributed by atoms with E-state index in [1.807, 2.05) is 6.08 Å². The molecule has 0 aliphatic carbocycles. The zero-order valence-corrected chi connectivity index (χ0v) is 13.6. The molecule has 5 heteroatoms. The fraction of sp³-hybridized carbons (Fsp3) is 0.400. The highest BCUT2D eigenvalue weighted by Gasteiger charge is 2.26. The van der Waals surface area contributed by atoms with Crippen LogP contribution in [0.1, 0.15) is 25.8 Å². The van der Waals surface area contributed by atoms with Gasteiger partial charge < -0.3 is 9.47 Å². The third-order valence-corrected chi connectivity index (χ3v) is 3.49. The van der Waals surface area contributed by atoms with Crippen LogP contribution < -0.4 is 4.74 Å². The van der Waals surface area contributed by atoms with Crippen LogP contribution in [0.5, 0.6) is 5.75 Å². The van der Waals surface area contributed by atoms with Crippen LogP contribution in [-0.4, -0.2) is 20.2 Å². The standard InChI is InChI=1S/C15H18BrFO3/c1-15(2,14(18)20-4)7-5-6-10-8-11(16)13(19-3)12(17)9-10/h5-6,8-9H,7H2,1-4H3/b6-5+. The number of esters is 1. The molecule has 0 saturated carbocycles. The number of methoxy groups -OCH3 is 2. The summed E-state index contributed by atoms with van der Waals surface area (Å²) < 4.78 is 23.9. The predicted molar refractivity (Wildman–Crippen MR) is 80.1 cm³/mol. The summed E-state index contributed by atoms with van der Waals surface area (Å²) in [5.41, 5.74) is 0.0869. The molecule has 0 amide bonds. The molecule has 0 bridgehead atoms. The molecule has 0 unspecified atom stereocenters. The Labute approximate surface area is 126 Å². The van der Waals surface area contributed by atoms with E-state index in [0.717, 1.165) is 0 Å². The molecule has 1 rings (SSSR count). The lowest BCUT2D eigenvalue weighted by Gasteiger charge is -2.19. The van der Waals surface area contributed by atoms with Crippen LogP contribution in [0.15, 0.2) is 22.7 Å². The van der Waals surface area contributed by atoms with Gasteiger partial charge in [0.05, 0.1) is 24.1 Å². The van der Waals surface area contributed by atoms with Gasteiger partial charge in [0.15, 0.2) is 11.6 Å². The van der Waals surface area contributed by atoms with E-state index in [2.05, 4.69) is 15.9 Å². The summed E-state index contributed by atoms with van der Waals surface area (Å²) in [5, 5.41) is 0. The van der Waals surface area contributed by atoms with Crippen molar-refractivity contribution in [2.45, 2.75) is 20.3 Å². The largest absolute Gasteiger partial charge is 0.492 e. The van der Waals surface area contributed by atoms with E-state index < -0.39 is 11.2 Å². The quantitative estimate of drug-likeness (QED) is 0.751. The molecular formula is C15H18BrFO3. The van der Waals surface area contributed by atoms with E-state index in [9.17, 15) is 9.18 Å². The monoisotopic (exact) mass is 344 g/mol. The van der Waals surface area contributed by atoms with Gasteiger partial charge in [0, 0.05) is 0 Å². The van der Waals surface area contributed by atoms with Crippen LogP contribution in [0.3, 0.4) is 0 Å². The van der Waals surface area contributed by atoms with E-state index in [0.29, 0.717) is 16.5 Å². The van der Waals surface area contributed by atoms with Crippen LogP contribution in [0.2, 0.25) is 0 Å². The molecule has 0 aromatic heterocycles. The number of allylic oxidation sites excluding steroid dienone is 1. The molecule has 0 atom stereocenters. The van der Waals surface area contributed by atoms with Gasteiger partial charge in [-0.1, -0.05) is 12.2 Å². The molecule has 20 heavy (non-hydrogen) atoms. The first-order valence-corrected chi connectivity index (χ1v) is 6.89. The Hall–Kier alpha value is -1.36. The van der Waals surface area contributed by atoms with E-state index in [1.165, 1.54) is 20.3 Å². The second-order valence-electron chi connectivity index (χ2n) is 5.00. The van der Waals surface area contributed by atoms with Crippen LogP contribution >= 0.6 is 15.9 Å². The Kier molecular flexibility index (Phi) is 5.74. The maximum atomic E-state index is 13.7. The molecule has 110 valence electrons. The first-order valence-electron chi connectivity index (χ1n) is 6.10. The topological polar surface area (TPSA) is 35.5 Å². The van der Waals surface area contributed by atoms with E-state index in [-0.39, 0.29) is 11.7 Å². The number of carbonyl (C=O) groups excluding carboxylic acids is 1. The predicted octanol–water partition coefficient (Wildman–Crippen LogP) is 4.20. The molecule has 1 aromatic carbocycles. The van der Waals surface area contributed by atoms with E-state index in [4.69, 9.17) is 9.47 Å². The lowest BCUT2D eigenvalue weighted by molar-refractivity contribution is -0.150. The van der Waals surface area contributed by atoms with E-state index in [1.54, 1.807) is 26.0 Å². The average molecular weight is 345 g/mol. The number of rotatable bonds is 5. The normalized spacial score (nSPS) is 11.7. The van der Waals surface area contributed by atoms with Gasteiger partial charge in [-0.3, -0.25) is 4.79 Å². The lowest BCUT2D eigenvalue weighted by atomic mass is 9.89. The number of carbonyl (C=O) groups is 1. The number of ether oxygens (including phenoxy) is 2. The first-order chi connectivity index (χ1) is 9.31. The molecule has 3 nitrogen and oxygen atoms in total. The molecule has 0 N–H and O–H groups in total. The van der Waals surface area contributed by atoms with Gasteiger partial charge in [0.1, 0.15) is 0 Å². The summed E-state index contributed by atoms with van der Waals surface area (Å²) in [6, 6.07) is 3.13. The summed E-state index contributed by atoms with van der Waals surface area (Å²) in [6.45, 7) is 3.60. The molecule has 0 saturated heterocycles. The number of hydrogen-bond acceptors (Lipinski definition) is 3. The van der Waals surface area contributed by atoms with Crippen molar-refractivity contribution in [2.24, 2.45) is 5.41 Å². The molecule has 0 heterocycles. The van der Waals surface area contributed by atoms with Gasteiger partial charge in [-0.15, -0.1) is 0 Å². The van der Waals surface area contributed by atoms with Crippen molar-refractivity contribution in [2.75, 3.05) is 14.2 Å². The Morgan fingerprint density at radius 2 is 2.05 bits per heavy atom. The van der Waals surface area contributed by atoms with Crippen molar-refractivity contribution in [3.63, 3.8) is 0 Å². The van der Waals surface area contributed by atoms with Gasteiger partial charge in [-0.2, -0.15) is 0 Å². The molecule has 0 fully saturated rings. The van der Waals surface area contributed by atoms with Crippen molar-refractivity contribution >= 4 is 28.0 Å². The van der Waals surface area contributed by atoms with Crippen molar-refractivity contribution in [1.29, 1.82) is 0 Å². The third kappa shape index (κ3) is 4.07. The van der Waals surface area contributed by atoms with Crippen molar-refractivity contribution in [1.82, 2.24) is 0 Å². The summed E-state index contributed by atoms with van der Waals surface area (Å²) in [5.74, 6) is -0.532. The van der Waals surface area contributed by atoms with Crippen LogP contribution in [-0.2, 0) is 9.53 Å². The molecule has 0 radical (unpaired) electrons. The first kappa shape index (κ1) is 16.7. The van der Waals surface area contributed by atoms with Crippen LogP contribution in [0, 0.1) is 11.2 Å². The zero-order chi connectivity index (χ0) is 15.3. The van der Waals surface area contributed by atoms with E-state index >= 15 is 0 Å².